The Balaban J connectivity index is 1.44. The number of sulfonamides is 1. The Kier molecular flexibility index (Phi) is 8.16. The zero-order chi connectivity index (χ0) is 22.5. The first-order valence-electron chi connectivity index (χ1n) is 11.7. The summed E-state index contributed by atoms with van der Waals surface area (Å²) < 4.78 is 27.1. The fourth-order valence-corrected chi connectivity index (χ4v) is 5.72. The topological polar surface area (TPSA) is 60.9 Å². The Bertz CT molecular complexity index is 817. The largest absolute Gasteiger partial charge is 0.340 e. The molecule has 2 saturated heterocycles. The first-order valence-corrected chi connectivity index (χ1v) is 13.2. The molecule has 6 nitrogen and oxygen atoms in total. The molecule has 0 radical (unpaired) electrons. The molecule has 31 heavy (non-hydrogen) atoms. The van der Waals surface area contributed by atoms with Crippen molar-refractivity contribution in [1.82, 2.24) is 14.1 Å². The summed E-state index contributed by atoms with van der Waals surface area (Å²) in [7, 11) is -3.39. The quantitative estimate of drug-likeness (QED) is 0.640. The summed E-state index contributed by atoms with van der Waals surface area (Å²) in [4.78, 5) is 17.4. The van der Waals surface area contributed by atoms with Crippen molar-refractivity contribution < 1.29 is 13.2 Å². The maximum Gasteiger partial charge on any atom is 0.243 e. The number of piperidine rings is 1. The van der Waals surface area contributed by atoms with Crippen LogP contribution in [0.3, 0.4) is 0 Å². The Morgan fingerprint density at radius 2 is 1.52 bits per heavy atom. The van der Waals surface area contributed by atoms with E-state index >= 15 is 0 Å². The molecule has 1 amide bonds. The van der Waals surface area contributed by atoms with E-state index in [0.29, 0.717) is 36.2 Å². The van der Waals surface area contributed by atoms with Gasteiger partial charge in [-0.1, -0.05) is 39.3 Å². The number of carbonyl (C=O) groups is 1. The summed E-state index contributed by atoms with van der Waals surface area (Å²) in [5, 5.41) is 0. The van der Waals surface area contributed by atoms with Gasteiger partial charge >= 0.3 is 0 Å². The summed E-state index contributed by atoms with van der Waals surface area (Å²) in [5.41, 5.74) is 1.35. The molecule has 2 aliphatic rings. The number of carbonyl (C=O) groups excluding carboxylic acids is 1. The molecule has 0 aromatic heterocycles. The number of amides is 1. The number of nitrogens with zero attached hydrogens (tertiary/aromatic N) is 3. The van der Waals surface area contributed by atoms with Crippen LogP contribution in [0.25, 0.3) is 0 Å². The molecule has 174 valence electrons. The first kappa shape index (κ1) is 24.2. The van der Waals surface area contributed by atoms with Crippen molar-refractivity contribution in [1.29, 1.82) is 0 Å². The van der Waals surface area contributed by atoms with Crippen LogP contribution in [0.15, 0.2) is 29.2 Å². The van der Waals surface area contributed by atoms with E-state index in [0.717, 1.165) is 57.5 Å². The summed E-state index contributed by atoms with van der Waals surface area (Å²) in [6.45, 7) is 12.6. The molecule has 0 spiro atoms. The SMILES string of the molecule is CC(C)(C)CCN1CCN(C(=O)CCc2ccc(S(=O)(=O)N3CCCCC3)cc2)CC1. The summed E-state index contributed by atoms with van der Waals surface area (Å²) >= 11 is 0. The van der Waals surface area contributed by atoms with Crippen LogP contribution in [-0.4, -0.2) is 74.2 Å². The molecule has 0 atom stereocenters. The summed E-state index contributed by atoms with van der Waals surface area (Å²) in [5.74, 6) is 0.195. The van der Waals surface area contributed by atoms with E-state index in [1.165, 1.54) is 6.42 Å². The van der Waals surface area contributed by atoms with Crippen molar-refractivity contribution in [3.05, 3.63) is 29.8 Å². The second-order valence-electron chi connectivity index (χ2n) is 10.1. The van der Waals surface area contributed by atoms with Crippen molar-refractivity contribution >= 4 is 15.9 Å². The predicted molar refractivity (Wildman–Crippen MR) is 124 cm³/mol. The van der Waals surface area contributed by atoms with E-state index in [2.05, 4.69) is 25.7 Å². The predicted octanol–water partition coefficient (Wildman–Crippen LogP) is 3.37. The van der Waals surface area contributed by atoms with Gasteiger partial charge in [0.1, 0.15) is 0 Å². The van der Waals surface area contributed by atoms with Gasteiger partial charge in [-0.25, -0.2) is 8.42 Å². The Labute approximate surface area is 188 Å². The summed E-state index contributed by atoms with van der Waals surface area (Å²) in [6.07, 6.45) is 5.26. The van der Waals surface area contributed by atoms with Crippen LogP contribution in [0.4, 0.5) is 0 Å². The number of hydrogen-bond acceptors (Lipinski definition) is 4. The third kappa shape index (κ3) is 7.02. The fourth-order valence-electron chi connectivity index (χ4n) is 4.21. The molecule has 2 aliphatic heterocycles. The van der Waals surface area contributed by atoms with E-state index in [1.807, 2.05) is 17.0 Å². The maximum atomic E-state index is 12.8. The van der Waals surface area contributed by atoms with Crippen molar-refractivity contribution in [3.8, 4) is 0 Å². The molecule has 2 heterocycles. The van der Waals surface area contributed by atoms with Crippen LogP contribution >= 0.6 is 0 Å². The van der Waals surface area contributed by atoms with Crippen molar-refractivity contribution in [2.45, 2.75) is 64.2 Å². The third-order valence-corrected chi connectivity index (χ3v) is 8.32. The summed E-state index contributed by atoms with van der Waals surface area (Å²) in [6, 6.07) is 7.10. The van der Waals surface area contributed by atoms with Gasteiger partial charge in [-0.3, -0.25) is 9.69 Å². The number of aryl methyl sites for hydroxylation is 1. The van der Waals surface area contributed by atoms with Crippen LogP contribution in [0.1, 0.15) is 58.4 Å². The Morgan fingerprint density at radius 1 is 0.903 bits per heavy atom. The zero-order valence-electron chi connectivity index (χ0n) is 19.5. The average Bonchev–Trinajstić information content (AvgIpc) is 2.77. The first-order chi connectivity index (χ1) is 14.6. The van der Waals surface area contributed by atoms with Gasteiger partial charge in [0.05, 0.1) is 4.90 Å². The third-order valence-electron chi connectivity index (χ3n) is 6.41. The number of benzene rings is 1. The number of rotatable bonds is 7. The molecule has 2 fully saturated rings. The molecule has 0 N–H and O–H groups in total. The van der Waals surface area contributed by atoms with Gasteiger partial charge in [-0.15, -0.1) is 0 Å². The van der Waals surface area contributed by atoms with Crippen LogP contribution in [0.5, 0.6) is 0 Å². The highest BCUT2D eigenvalue weighted by Gasteiger charge is 2.26. The second-order valence-corrected chi connectivity index (χ2v) is 12.1. The second kappa shape index (κ2) is 10.5. The minimum absolute atomic E-state index is 0.195. The molecular weight excluding hydrogens is 410 g/mol. The van der Waals surface area contributed by atoms with Crippen LogP contribution in [0, 0.1) is 5.41 Å². The van der Waals surface area contributed by atoms with Gasteiger partial charge in [-0.05, 0) is 55.3 Å². The van der Waals surface area contributed by atoms with E-state index in [4.69, 9.17) is 0 Å². The van der Waals surface area contributed by atoms with Gasteiger partial charge in [0.25, 0.3) is 0 Å². The molecule has 0 bridgehead atoms. The highest BCUT2D eigenvalue weighted by atomic mass is 32.2. The van der Waals surface area contributed by atoms with Gasteiger partial charge in [0.2, 0.25) is 15.9 Å². The molecule has 3 rings (SSSR count). The molecule has 0 saturated carbocycles. The molecule has 0 aliphatic carbocycles. The van der Waals surface area contributed by atoms with Crippen molar-refractivity contribution in [3.63, 3.8) is 0 Å². The van der Waals surface area contributed by atoms with Gasteiger partial charge in [0, 0.05) is 45.7 Å². The highest BCUT2D eigenvalue weighted by molar-refractivity contribution is 7.89. The van der Waals surface area contributed by atoms with Crippen molar-refractivity contribution in [2.24, 2.45) is 5.41 Å². The van der Waals surface area contributed by atoms with E-state index < -0.39 is 10.0 Å². The monoisotopic (exact) mass is 449 g/mol. The smallest absolute Gasteiger partial charge is 0.243 e. The standard InChI is InChI=1S/C24H39N3O3S/c1-24(2,3)13-16-25-17-19-26(20-18-25)23(28)12-9-21-7-10-22(11-8-21)31(29,30)27-14-5-4-6-15-27/h7-8,10-11H,4-6,9,12-20H2,1-3H3. The van der Waals surface area contributed by atoms with Crippen molar-refractivity contribution in [2.75, 3.05) is 45.8 Å². The van der Waals surface area contributed by atoms with Gasteiger partial charge < -0.3 is 4.90 Å². The van der Waals surface area contributed by atoms with E-state index in [-0.39, 0.29) is 5.91 Å². The molecule has 1 aromatic rings. The van der Waals surface area contributed by atoms with Crippen LogP contribution in [-0.2, 0) is 21.2 Å². The van der Waals surface area contributed by atoms with Gasteiger partial charge in [-0.2, -0.15) is 4.31 Å². The lowest BCUT2D eigenvalue weighted by Gasteiger charge is -2.36. The lowest BCUT2D eigenvalue weighted by molar-refractivity contribution is -0.132. The lowest BCUT2D eigenvalue weighted by Crippen LogP contribution is -2.49. The average molecular weight is 450 g/mol. The Hall–Kier alpha value is -1.44. The number of piperazine rings is 1. The van der Waals surface area contributed by atoms with E-state index in [1.54, 1.807) is 16.4 Å². The Morgan fingerprint density at radius 3 is 2.10 bits per heavy atom. The molecule has 1 aromatic carbocycles. The van der Waals surface area contributed by atoms with Crippen LogP contribution < -0.4 is 0 Å². The molecular formula is C24H39N3O3S. The molecule has 7 heteroatoms. The minimum atomic E-state index is -3.39. The maximum absolute atomic E-state index is 12.8. The fraction of sp³-hybridized carbons (Fsp3) is 0.708. The lowest BCUT2D eigenvalue weighted by atomic mass is 9.92. The highest BCUT2D eigenvalue weighted by Crippen LogP contribution is 2.22. The van der Waals surface area contributed by atoms with Gasteiger partial charge in [0.15, 0.2) is 0 Å². The minimum Gasteiger partial charge on any atom is -0.340 e. The van der Waals surface area contributed by atoms with Crippen LogP contribution in [0.2, 0.25) is 0 Å². The molecule has 0 unspecified atom stereocenters. The normalized spacial score (nSPS) is 19.5. The van der Waals surface area contributed by atoms with E-state index in [9.17, 15) is 13.2 Å². The number of hydrogen-bond donors (Lipinski definition) is 0. The zero-order valence-corrected chi connectivity index (χ0v) is 20.3.